The summed E-state index contributed by atoms with van der Waals surface area (Å²) >= 11 is 5.16. The van der Waals surface area contributed by atoms with Crippen LogP contribution < -0.4 is 21.3 Å². The van der Waals surface area contributed by atoms with Gasteiger partial charge >= 0.3 is 0 Å². The Morgan fingerprint density at radius 2 is 0.742 bits per heavy atom. The van der Waals surface area contributed by atoms with Crippen molar-refractivity contribution in [3.63, 3.8) is 0 Å². The fourth-order valence-corrected chi connectivity index (χ4v) is 11.6. The molecule has 66 heavy (non-hydrogen) atoms. The van der Waals surface area contributed by atoms with Crippen molar-refractivity contribution < 1.29 is 19.2 Å². The maximum Gasteiger partial charge on any atom is 0.266 e. The van der Waals surface area contributed by atoms with Gasteiger partial charge in [-0.05, 0) is 117 Å². The van der Waals surface area contributed by atoms with E-state index < -0.39 is 0 Å². The van der Waals surface area contributed by atoms with E-state index in [1.165, 1.54) is 9.80 Å². The van der Waals surface area contributed by atoms with Crippen molar-refractivity contribution in [3.8, 4) is 44.5 Å². The molecule has 2 heterocycles. The molecule has 0 fully saturated rings. The van der Waals surface area contributed by atoms with Crippen molar-refractivity contribution in [2.45, 2.75) is 72.0 Å². The average Bonchev–Trinajstić information content (AvgIpc) is 3.69. The lowest BCUT2D eigenvalue weighted by Gasteiger charge is -2.25. The number of nitrogen functional groups attached to an aromatic ring is 2. The van der Waals surface area contributed by atoms with Gasteiger partial charge in [0.15, 0.2) is 0 Å². The Kier molecular flexibility index (Phi) is 12.2. The number of amides is 4. The summed E-state index contributed by atoms with van der Waals surface area (Å²) in [6.07, 6.45) is 0. The number of fused-ring (bicyclic) bond motifs is 2. The third kappa shape index (κ3) is 8.43. The predicted molar refractivity (Wildman–Crippen MR) is 275 cm³/mol. The van der Waals surface area contributed by atoms with Crippen LogP contribution in [0.1, 0.15) is 83.0 Å². The largest absolute Gasteiger partial charge is 0.399 e. The topological polar surface area (TPSA) is 127 Å². The van der Waals surface area contributed by atoms with E-state index in [1.807, 2.05) is 97.1 Å². The predicted octanol–water partition coefficient (Wildman–Crippen LogP) is 13.6. The maximum atomic E-state index is 14.4. The summed E-state index contributed by atoms with van der Waals surface area (Å²) in [7, 11) is 0. The van der Waals surface area contributed by atoms with E-state index in [4.69, 9.17) is 11.5 Å². The Hall–Kier alpha value is -6.53. The third-order valence-corrected chi connectivity index (χ3v) is 14.8. The number of carbonyl (C=O) groups excluding carboxylic acids is 4. The summed E-state index contributed by atoms with van der Waals surface area (Å²) < 4.78 is 0. The minimum absolute atomic E-state index is 0.153. The number of rotatable bonds is 12. The highest BCUT2D eigenvalue weighted by molar-refractivity contribution is 8.03. The fraction of sp³-hybridized carbons (Fsp3) is 0.164. The molecule has 7 aromatic rings. The van der Waals surface area contributed by atoms with E-state index in [9.17, 15) is 19.2 Å². The molecule has 7 aromatic carbocycles. The van der Waals surface area contributed by atoms with Gasteiger partial charge in [-0.3, -0.25) is 19.2 Å². The quantitative estimate of drug-likeness (QED) is 0.0699. The summed E-state index contributed by atoms with van der Waals surface area (Å²) in [4.78, 5) is 61.7. The van der Waals surface area contributed by atoms with Gasteiger partial charge in [-0.2, -0.15) is 0 Å². The lowest BCUT2D eigenvalue weighted by atomic mass is 9.99. The Labute approximate surface area is 398 Å². The van der Waals surface area contributed by atoms with Crippen molar-refractivity contribution in [1.29, 1.82) is 0 Å². The van der Waals surface area contributed by atoms with E-state index in [0.29, 0.717) is 45.0 Å². The molecule has 0 saturated carbocycles. The Morgan fingerprint density at radius 3 is 1.24 bits per heavy atom. The summed E-state index contributed by atoms with van der Waals surface area (Å²) in [5.74, 6) is -1.39. The first-order valence-electron chi connectivity index (χ1n) is 21.9. The van der Waals surface area contributed by atoms with Crippen LogP contribution in [-0.4, -0.2) is 39.4 Å². The van der Waals surface area contributed by atoms with Gasteiger partial charge in [0.05, 0.1) is 33.6 Å². The first-order chi connectivity index (χ1) is 31.7. The molecule has 0 aliphatic carbocycles. The Morgan fingerprint density at radius 1 is 0.364 bits per heavy atom. The molecule has 0 atom stereocenters. The number of nitrogens with zero attached hydrogens (tertiary/aromatic N) is 2. The van der Waals surface area contributed by atoms with Crippen molar-refractivity contribution in [3.05, 3.63) is 162 Å². The van der Waals surface area contributed by atoms with E-state index in [1.54, 1.807) is 53.5 Å². The molecule has 330 valence electrons. The van der Waals surface area contributed by atoms with Crippen LogP contribution in [0.5, 0.6) is 0 Å². The van der Waals surface area contributed by atoms with Gasteiger partial charge in [0, 0.05) is 41.8 Å². The molecule has 0 unspecified atom stereocenters. The van der Waals surface area contributed by atoms with Crippen LogP contribution in [0.25, 0.3) is 44.5 Å². The minimum atomic E-state index is -0.359. The van der Waals surface area contributed by atoms with Gasteiger partial charge in [0.2, 0.25) is 0 Å². The van der Waals surface area contributed by atoms with Crippen LogP contribution in [0.2, 0.25) is 0 Å². The summed E-state index contributed by atoms with van der Waals surface area (Å²) in [5, 5.41) is 0.610. The van der Waals surface area contributed by atoms with Crippen LogP contribution in [0.3, 0.4) is 0 Å². The number of thioether (sulfide) groups is 3. The number of hydrogen-bond donors (Lipinski definition) is 2. The molecule has 9 rings (SSSR count). The highest BCUT2D eigenvalue weighted by Crippen LogP contribution is 2.50. The van der Waals surface area contributed by atoms with Crippen LogP contribution in [0, 0.1) is 0 Å². The maximum absolute atomic E-state index is 14.4. The highest BCUT2D eigenvalue weighted by atomic mass is 32.2. The zero-order chi connectivity index (χ0) is 46.6. The number of benzene rings is 7. The molecule has 4 N–H and O–H groups in total. The lowest BCUT2D eigenvalue weighted by Crippen LogP contribution is -2.30. The average molecular weight is 925 g/mol. The van der Waals surface area contributed by atoms with E-state index >= 15 is 0 Å². The second-order valence-electron chi connectivity index (χ2n) is 17.2. The summed E-state index contributed by atoms with van der Waals surface area (Å²) in [6, 6.07) is 43.7. The third-order valence-electron chi connectivity index (χ3n) is 11.4. The van der Waals surface area contributed by atoms with Gasteiger partial charge < -0.3 is 11.5 Å². The van der Waals surface area contributed by atoms with Crippen molar-refractivity contribution in [2.24, 2.45) is 0 Å². The number of hydrogen-bond acceptors (Lipinski definition) is 9. The van der Waals surface area contributed by atoms with Crippen molar-refractivity contribution in [2.75, 3.05) is 21.3 Å². The SMILES string of the molecule is CC(C)Sc1cc(-c2ccc(N3C(=O)c4ccc(-c5ccc(N)cc5)cc4C3=O)cc2)ccc1-c1ccc(N2C(=O)c3ccc(-c4ccc(N)cc4)cc3C2=O)c(SC(C)C)c1SC(C)C. The molecular weight excluding hydrogens is 877 g/mol. The molecular formula is C55H48N4O4S3. The summed E-state index contributed by atoms with van der Waals surface area (Å²) in [6.45, 7) is 12.9. The minimum Gasteiger partial charge on any atom is -0.399 e. The molecule has 8 nitrogen and oxygen atoms in total. The van der Waals surface area contributed by atoms with Crippen molar-refractivity contribution >= 4 is 81.7 Å². The number of carbonyl (C=O) groups is 4. The first-order valence-corrected chi connectivity index (χ1v) is 24.5. The van der Waals surface area contributed by atoms with Gasteiger partial charge in [-0.25, -0.2) is 9.80 Å². The monoisotopic (exact) mass is 924 g/mol. The van der Waals surface area contributed by atoms with Gasteiger partial charge in [-0.15, -0.1) is 35.3 Å². The molecule has 11 heteroatoms. The van der Waals surface area contributed by atoms with E-state index in [2.05, 4.69) is 65.8 Å². The smallest absolute Gasteiger partial charge is 0.266 e. The zero-order valence-corrected chi connectivity index (χ0v) is 39.9. The highest BCUT2D eigenvalue weighted by Gasteiger charge is 2.40. The second-order valence-corrected chi connectivity index (χ2v) is 22.0. The Bertz CT molecular complexity index is 3090. The molecule has 0 saturated heterocycles. The molecule has 0 bridgehead atoms. The van der Waals surface area contributed by atoms with Crippen LogP contribution in [0.15, 0.2) is 154 Å². The van der Waals surface area contributed by atoms with Gasteiger partial charge in [0.1, 0.15) is 0 Å². The molecule has 0 spiro atoms. The first kappa shape index (κ1) is 44.7. The van der Waals surface area contributed by atoms with Crippen molar-refractivity contribution in [1.82, 2.24) is 0 Å². The summed E-state index contributed by atoms with van der Waals surface area (Å²) in [5.41, 5.74) is 23.2. The Balaban J connectivity index is 1.06. The molecule has 2 aliphatic heterocycles. The second kappa shape index (κ2) is 18.0. The van der Waals surface area contributed by atoms with Crippen LogP contribution in [-0.2, 0) is 0 Å². The number of nitrogens with two attached hydrogens (primary N) is 2. The molecule has 0 aromatic heterocycles. The zero-order valence-electron chi connectivity index (χ0n) is 37.4. The number of anilines is 4. The standard InChI is InChI=1S/C55H48N4O4S3/c1-30(2)64-49-29-38(35-11-20-41(21-12-35)58-52(60)44-23-14-36(27-46(44)54(58)62)33-7-16-39(56)17-8-33)13-22-42(49)43-25-26-48(51(66-32(5)6)50(43)65-31(3)4)59-53(61)45-24-15-37(28-47(45)55(59)63)34-9-18-40(57)19-10-34/h7-32H,56-57H2,1-6H3. The van der Waals surface area contributed by atoms with E-state index in [0.717, 1.165) is 59.2 Å². The van der Waals surface area contributed by atoms with Crippen LogP contribution in [0.4, 0.5) is 22.7 Å². The van der Waals surface area contributed by atoms with Gasteiger partial charge in [-0.1, -0.05) is 108 Å². The lowest BCUT2D eigenvalue weighted by molar-refractivity contribution is 0.0910. The normalized spacial score (nSPS) is 13.5. The molecule has 4 amide bonds. The van der Waals surface area contributed by atoms with E-state index in [-0.39, 0.29) is 39.4 Å². The fourth-order valence-electron chi connectivity index (χ4n) is 8.37. The van der Waals surface area contributed by atoms with Gasteiger partial charge in [0.25, 0.3) is 23.6 Å². The molecule has 2 aliphatic rings. The van der Waals surface area contributed by atoms with Crippen LogP contribution >= 0.6 is 35.3 Å². The number of imide groups is 2. The molecule has 0 radical (unpaired) electrons.